The van der Waals surface area contributed by atoms with Crippen molar-refractivity contribution < 1.29 is 28.9 Å². The summed E-state index contributed by atoms with van der Waals surface area (Å²) in [5.41, 5.74) is 1.89. The van der Waals surface area contributed by atoms with Gasteiger partial charge in [-0.15, -0.1) is 0 Å². The highest BCUT2D eigenvalue weighted by Gasteiger charge is 2.27. The molecule has 1 saturated heterocycles. The van der Waals surface area contributed by atoms with Crippen molar-refractivity contribution in [3.63, 3.8) is 0 Å². The minimum atomic E-state index is -0.949. The van der Waals surface area contributed by atoms with Gasteiger partial charge in [0.15, 0.2) is 11.5 Å². The fraction of sp³-hybridized carbons (Fsp3) is 0.381. The molecule has 0 saturated carbocycles. The van der Waals surface area contributed by atoms with Crippen LogP contribution in [-0.2, 0) is 4.79 Å². The molecule has 2 N–H and O–H groups in total. The summed E-state index contributed by atoms with van der Waals surface area (Å²) in [6, 6.07) is 8.99. The molecule has 2 amide bonds. The predicted octanol–water partition coefficient (Wildman–Crippen LogP) is 2.86. The van der Waals surface area contributed by atoms with Gasteiger partial charge in [-0.3, -0.25) is 4.79 Å². The highest BCUT2D eigenvalue weighted by Crippen LogP contribution is 2.40. The second kappa shape index (κ2) is 8.48. The number of fused-ring (bicyclic) bond motifs is 1. The van der Waals surface area contributed by atoms with E-state index < -0.39 is 6.09 Å². The minimum Gasteiger partial charge on any atom is -0.486 e. The molecule has 0 radical (unpaired) electrons. The smallest absolute Gasteiger partial charge is 0.407 e. The molecule has 9 heteroatoms. The van der Waals surface area contributed by atoms with E-state index in [1.807, 2.05) is 18.2 Å². The van der Waals surface area contributed by atoms with Crippen molar-refractivity contribution in [1.82, 2.24) is 9.88 Å². The molecule has 0 aliphatic carbocycles. The first-order valence-electron chi connectivity index (χ1n) is 9.79. The first kappa shape index (κ1) is 19.8. The van der Waals surface area contributed by atoms with Crippen LogP contribution >= 0.6 is 0 Å². The number of amides is 2. The van der Waals surface area contributed by atoms with Gasteiger partial charge in [-0.2, -0.15) is 0 Å². The number of methoxy groups -OCH3 is 1. The topological polar surface area (TPSA) is 110 Å². The molecule has 158 valence electrons. The molecule has 2 aliphatic heterocycles. The molecule has 0 atom stereocenters. The van der Waals surface area contributed by atoms with E-state index in [0.717, 1.165) is 5.56 Å². The summed E-state index contributed by atoms with van der Waals surface area (Å²) in [5, 5.41) is 12.0. The number of nitrogens with one attached hydrogen (secondary N) is 1. The Bertz CT molecular complexity index is 956. The third-order valence-corrected chi connectivity index (χ3v) is 5.26. The van der Waals surface area contributed by atoms with Gasteiger partial charge in [-0.25, -0.2) is 9.78 Å². The van der Waals surface area contributed by atoms with Crippen molar-refractivity contribution in [2.75, 3.05) is 38.7 Å². The van der Waals surface area contributed by atoms with E-state index in [4.69, 9.17) is 19.3 Å². The Morgan fingerprint density at radius 2 is 1.97 bits per heavy atom. The number of rotatable bonds is 4. The molecular formula is C21H23N3O6. The second-order valence-corrected chi connectivity index (χ2v) is 7.15. The summed E-state index contributed by atoms with van der Waals surface area (Å²) in [6.45, 7) is 1.65. The molecule has 2 aliphatic rings. The van der Waals surface area contributed by atoms with Crippen LogP contribution in [0.1, 0.15) is 12.8 Å². The number of anilines is 1. The van der Waals surface area contributed by atoms with Crippen LogP contribution in [0.2, 0.25) is 0 Å². The van der Waals surface area contributed by atoms with E-state index in [1.165, 1.54) is 12.0 Å². The third kappa shape index (κ3) is 4.10. The number of hydrogen-bond acceptors (Lipinski definition) is 6. The van der Waals surface area contributed by atoms with Crippen molar-refractivity contribution in [3.05, 3.63) is 30.3 Å². The van der Waals surface area contributed by atoms with Crippen LogP contribution in [0.5, 0.6) is 17.4 Å². The van der Waals surface area contributed by atoms with E-state index >= 15 is 0 Å². The summed E-state index contributed by atoms with van der Waals surface area (Å²) in [6.07, 6.45) is 0.0320. The van der Waals surface area contributed by atoms with E-state index in [1.54, 1.807) is 12.1 Å². The van der Waals surface area contributed by atoms with E-state index in [2.05, 4.69) is 10.3 Å². The molecule has 30 heavy (non-hydrogen) atoms. The lowest BCUT2D eigenvalue weighted by Gasteiger charge is -2.29. The minimum absolute atomic E-state index is 0.145. The number of likely N-dealkylation sites (tertiary alicyclic amines) is 1. The third-order valence-electron chi connectivity index (χ3n) is 5.26. The van der Waals surface area contributed by atoms with Gasteiger partial charge < -0.3 is 29.5 Å². The number of benzene rings is 1. The van der Waals surface area contributed by atoms with Gasteiger partial charge >= 0.3 is 6.09 Å². The van der Waals surface area contributed by atoms with Crippen molar-refractivity contribution in [2.45, 2.75) is 12.8 Å². The number of nitrogens with zero attached hydrogens (tertiary/aromatic N) is 2. The predicted molar refractivity (Wildman–Crippen MR) is 108 cm³/mol. The Hall–Kier alpha value is -3.49. The van der Waals surface area contributed by atoms with Crippen LogP contribution in [0.3, 0.4) is 0 Å². The number of carboxylic acid groups (broad SMARTS) is 1. The molecular weight excluding hydrogens is 390 g/mol. The number of carbonyl (C=O) groups excluding carboxylic acids is 1. The van der Waals surface area contributed by atoms with Crippen molar-refractivity contribution in [3.8, 4) is 28.6 Å². The first-order chi connectivity index (χ1) is 14.5. The van der Waals surface area contributed by atoms with Crippen molar-refractivity contribution in [1.29, 1.82) is 0 Å². The summed E-state index contributed by atoms with van der Waals surface area (Å²) < 4.78 is 16.7. The Morgan fingerprint density at radius 3 is 2.70 bits per heavy atom. The van der Waals surface area contributed by atoms with Gasteiger partial charge in [-0.05, 0) is 31.0 Å². The van der Waals surface area contributed by atoms with E-state index in [-0.39, 0.29) is 11.8 Å². The molecule has 9 nitrogen and oxygen atoms in total. The fourth-order valence-corrected chi connectivity index (χ4v) is 3.67. The zero-order valence-electron chi connectivity index (χ0n) is 16.6. The summed E-state index contributed by atoms with van der Waals surface area (Å²) in [5.74, 6) is 1.23. The molecule has 1 aromatic carbocycles. The number of aromatic nitrogens is 1. The lowest BCUT2D eigenvalue weighted by Crippen LogP contribution is -2.40. The molecule has 0 bridgehead atoms. The standard InChI is InChI=1S/C21H23N3O6/c1-28-18-12-14(22-20(25)13-5-7-24(8-6-13)21(26)27)11-16(23-18)15-3-2-4-17-19(15)30-10-9-29-17/h2-4,11-13H,5-10H2,1H3,(H,26,27)(H,22,23,25). The van der Waals surface area contributed by atoms with Crippen molar-refractivity contribution in [2.24, 2.45) is 5.92 Å². The summed E-state index contributed by atoms with van der Waals surface area (Å²) in [4.78, 5) is 29.6. The maximum Gasteiger partial charge on any atom is 0.407 e. The van der Waals surface area contributed by atoms with Crippen LogP contribution in [-0.4, -0.2) is 60.4 Å². The van der Waals surface area contributed by atoms with Crippen LogP contribution in [0, 0.1) is 5.92 Å². The van der Waals surface area contributed by atoms with Gasteiger partial charge in [0.05, 0.1) is 12.8 Å². The molecule has 3 heterocycles. The number of ether oxygens (including phenoxy) is 3. The number of piperidine rings is 1. The van der Waals surface area contributed by atoms with Crippen LogP contribution < -0.4 is 19.5 Å². The molecule has 1 aromatic heterocycles. The van der Waals surface area contributed by atoms with Gasteiger partial charge in [0.25, 0.3) is 0 Å². The molecule has 4 rings (SSSR count). The van der Waals surface area contributed by atoms with Crippen LogP contribution in [0.25, 0.3) is 11.3 Å². The Balaban J connectivity index is 1.55. The number of para-hydroxylation sites is 1. The van der Waals surface area contributed by atoms with Gasteiger partial charge in [-0.1, -0.05) is 6.07 Å². The first-order valence-corrected chi connectivity index (χ1v) is 9.79. The summed E-state index contributed by atoms with van der Waals surface area (Å²) >= 11 is 0. The fourth-order valence-electron chi connectivity index (χ4n) is 3.67. The highest BCUT2D eigenvalue weighted by atomic mass is 16.6. The zero-order chi connectivity index (χ0) is 21.1. The Labute approximate surface area is 173 Å². The molecule has 1 fully saturated rings. The quantitative estimate of drug-likeness (QED) is 0.793. The average molecular weight is 413 g/mol. The largest absolute Gasteiger partial charge is 0.486 e. The molecule has 0 spiro atoms. The monoisotopic (exact) mass is 413 g/mol. The zero-order valence-corrected chi connectivity index (χ0v) is 16.6. The van der Waals surface area contributed by atoms with Crippen LogP contribution in [0.4, 0.5) is 10.5 Å². The lowest BCUT2D eigenvalue weighted by molar-refractivity contribution is -0.121. The maximum absolute atomic E-state index is 12.7. The normalized spacial score (nSPS) is 16.1. The number of pyridine rings is 1. The van der Waals surface area contributed by atoms with E-state index in [0.29, 0.717) is 67.9 Å². The number of carbonyl (C=O) groups is 2. The van der Waals surface area contributed by atoms with Crippen molar-refractivity contribution >= 4 is 17.7 Å². The second-order valence-electron chi connectivity index (χ2n) is 7.15. The summed E-state index contributed by atoms with van der Waals surface area (Å²) in [7, 11) is 1.51. The highest BCUT2D eigenvalue weighted by molar-refractivity contribution is 5.93. The Kier molecular flexibility index (Phi) is 5.60. The number of hydrogen-bond donors (Lipinski definition) is 2. The average Bonchev–Trinajstić information content (AvgIpc) is 2.78. The Morgan fingerprint density at radius 1 is 1.20 bits per heavy atom. The van der Waals surface area contributed by atoms with Crippen LogP contribution in [0.15, 0.2) is 30.3 Å². The van der Waals surface area contributed by atoms with Gasteiger partial charge in [0, 0.05) is 36.3 Å². The van der Waals surface area contributed by atoms with Gasteiger partial charge in [0.1, 0.15) is 13.2 Å². The lowest BCUT2D eigenvalue weighted by atomic mass is 9.96. The molecule has 0 unspecified atom stereocenters. The molecule has 2 aromatic rings. The van der Waals surface area contributed by atoms with Gasteiger partial charge in [0.2, 0.25) is 11.8 Å². The van der Waals surface area contributed by atoms with E-state index in [9.17, 15) is 9.59 Å². The SMILES string of the molecule is COc1cc(NC(=O)C2CCN(C(=O)O)CC2)cc(-c2cccc3c2OCCO3)n1. The maximum atomic E-state index is 12.7.